The first-order chi connectivity index (χ1) is 12.9. The van der Waals surface area contributed by atoms with Gasteiger partial charge in [-0.15, -0.1) is 0 Å². The minimum absolute atomic E-state index is 0.0185. The number of piperidine rings is 1. The van der Waals surface area contributed by atoms with Crippen LogP contribution in [0.1, 0.15) is 31.2 Å². The topological polar surface area (TPSA) is 20.3 Å². The minimum Gasteiger partial charge on any atom is -0.309 e. The summed E-state index contributed by atoms with van der Waals surface area (Å²) < 4.78 is 36.8. The molecule has 146 valence electrons. The smallest absolute Gasteiger partial charge is 0.227 e. The third-order valence-corrected chi connectivity index (χ3v) is 5.42. The SMILES string of the molecule is CC(c1ccc(F)cc1F)C1CCC(=O)N(c2c(Cl)cccc2Cl)C1.CF. The number of nitrogens with zero attached hydrogens (tertiary/aromatic N) is 1. The Hall–Kier alpha value is -1.72. The van der Waals surface area contributed by atoms with Crippen molar-refractivity contribution in [2.75, 3.05) is 18.6 Å². The number of rotatable bonds is 3. The molecular weight excluding hydrogens is 398 g/mol. The van der Waals surface area contributed by atoms with E-state index in [4.69, 9.17) is 23.2 Å². The summed E-state index contributed by atoms with van der Waals surface area (Å²) >= 11 is 12.5. The number of carbonyl (C=O) groups is 1. The van der Waals surface area contributed by atoms with Gasteiger partial charge in [-0.1, -0.05) is 42.3 Å². The molecule has 1 amide bonds. The quantitative estimate of drug-likeness (QED) is 0.565. The summed E-state index contributed by atoms with van der Waals surface area (Å²) in [6, 6.07) is 8.70. The van der Waals surface area contributed by atoms with E-state index in [9.17, 15) is 18.0 Å². The van der Waals surface area contributed by atoms with Crippen LogP contribution in [0.2, 0.25) is 10.0 Å². The molecule has 2 aromatic rings. The predicted octanol–water partition coefficient (Wildman–Crippen LogP) is 6.40. The van der Waals surface area contributed by atoms with Crippen LogP contribution in [0.5, 0.6) is 0 Å². The van der Waals surface area contributed by atoms with E-state index in [1.807, 2.05) is 6.92 Å². The van der Waals surface area contributed by atoms with Crippen molar-refractivity contribution in [1.82, 2.24) is 0 Å². The fourth-order valence-corrected chi connectivity index (χ4v) is 3.97. The highest BCUT2D eigenvalue weighted by Crippen LogP contribution is 2.39. The molecular formula is C20H20Cl2F3NO. The minimum atomic E-state index is -0.600. The van der Waals surface area contributed by atoms with E-state index in [-0.39, 0.29) is 17.7 Å². The first-order valence-electron chi connectivity index (χ1n) is 8.45. The van der Waals surface area contributed by atoms with Crippen molar-refractivity contribution in [2.45, 2.75) is 25.7 Å². The monoisotopic (exact) mass is 417 g/mol. The van der Waals surface area contributed by atoms with Crippen LogP contribution in [0.3, 0.4) is 0 Å². The highest BCUT2D eigenvalue weighted by molar-refractivity contribution is 6.39. The van der Waals surface area contributed by atoms with Gasteiger partial charge in [-0.2, -0.15) is 0 Å². The van der Waals surface area contributed by atoms with Crippen LogP contribution in [0.25, 0.3) is 0 Å². The number of benzene rings is 2. The first-order valence-corrected chi connectivity index (χ1v) is 9.21. The highest BCUT2D eigenvalue weighted by atomic mass is 35.5. The zero-order chi connectivity index (χ0) is 20.1. The predicted molar refractivity (Wildman–Crippen MR) is 103 cm³/mol. The standard InChI is InChI=1S/C19H17Cl2F2NO.CH3F/c1-11(14-7-6-13(22)9-17(14)23)12-5-8-18(25)24(10-12)19-15(20)3-2-4-16(19)21;1-2/h2-4,6-7,9,11-12H,5,8,10H2,1H3;1H3. The first kappa shape index (κ1) is 21.6. The normalized spacial score (nSPS) is 18.0. The Kier molecular flexibility index (Phi) is 7.57. The van der Waals surface area contributed by atoms with Gasteiger partial charge in [0.25, 0.3) is 0 Å². The molecule has 1 saturated heterocycles. The highest BCUT2D eigenvalue weighted by Gasteiger charge is 2.33. The number of carbonyl (C=O) groups excluding carboxylic acids is 1. The van der Waals surface area contributed by atoms with Crippen LogP contribution in [-0.2, 0) is 4.79 Å². The van der Waals surface area contributed by atoms with Crippen molar-refractivity contribution in [3.8, 4) is 0 Å². The van der Waals surface area contributed by atoms with Gasteiger partial charge in [-0.05, 0) is 42.0 Å². The van der Waals surface area contributed by atoms with Crippen molar-refractivity contribution < 1.29 is 18.0 Å². The fraction of sp³-hybridized carbons (Fsp3) is 0.350. The van der Waals surface area contributed by atoms with Crippen LogP contribution in [-0.4, -0.2) is 19.6 Å². The maximum atomic E-state index is 14.1. The molecule has 0 aromatic heterocycles. The number of amides is 1. The molecule has 7 heteroatoms. The average molecular weight is 418 g/mol. The average Bonchev–Trinajstić information content (AvgIpc) is 2.64. The van der Waals surface area contributed by atoms with Gasteiger partial charge in [0.1, 0.15) is 11.6 Å². The summed E-state index contributed by atoms with van der Waals surface area (Å²) in [6.07, 6.45) is 0.967. The Bertz CT molecular complexity index is 796. The van der Waals surface area contributed by atoms with Crippen molar-refractivity contribution in [3.05, 3.63) is 63.6 Å². The summed E-state index contributed by atoms with van der Waals surface area (Å²) in [4.78, 5) is 14.0. The van der Waals surface area contributed by atoms with E-state index in [1.54, 1.807) is 23.1 Å². The van der Waals surface area contributed by atoms with E-state index in [2.05, 4.69) is 0 Å². The lowest BCUT2D eigenvalue weighted by molar-refractivity contribution is -0.120. The second-order valence-corrected chi connectivity index (χ2v) is 7.14. The van der Waals surface area contributed by atoms with Gasteiger partial charge in [0.05, 0.1) is 22.9 Å². The number of alkyl halides is 1. The van der Waals surface area contributed by atoms with Crippen molar-refractivity contribution in [2.24, 2.45) is 5.92 Å². The Morgan fingerprint density at radius 1 is 1.11 bits per heavy atom. The van der Waals surface area contributed by atoms with Crippen molar-refractivity contribution in [3.63, 3.8) is 0 Å². The van der Waals surface area contributed by atoms with Gasteiger partial charge in [-0.25, -0.2) is 8.78 Å². The summed E-state index contributed by atoms with van der Waals surface area (Å²) in [5.41, 5.74) is 0.943. The number of halogens is 5. The molecule has 0 N–H and O–H groups in total. The molecule has 0 bridgehead atoms. The molecule has 0 spiro atoms. The van der Waals surface area contributed by atoms with E-state index >= 15 is 0 Å². The van der Waals surface area contributed by atoms with E-state index < -0.39 is 11.6 Å². The lowest BCUT2D eigenvalue weighted by Crippen LogP contribution is -2.42. The summed E-state index contributed by atoms with van der Waals surface area (Å²) in [5.74, 6) is -1.37. The summed E-state index contributed by atoms with van der Waals surface area (Å²) in [6.45, 7) is 2.28. The summed E-state index contributed by atoms with van der Waals surface area (Å²) in [7, 11) is 0.500. The van der Waals surface area contributed by atoms with Crippen LogP contribution in [0.4, 0.5) is 18.9 Å². The fourth-order valence-electron chi connectivity index (χ4n) is 3.37. The third-order valence-electron chi connectivity index (χ3n) is 4.81. The molecule has 27 heavy (non-hydrogen) atoms. The molecule has 3 rings (SSSR count). The largest absolute Gasteiger partial charge is 0.309 e. The van der Waals surface area contributed by atoms with Crippen molar-refractivity contribution in [1.29, 1.82) is 0 Å². The molecule has 1 aliphatic rings. The number of hydrogen-bond acceptors (Lipinski definition) is 1. The Labute approximate surface area is 166 Å². The lowest BCUT2D eigenvalue weighted by atomic mass is 9.81. The molecule has 1 heterocycles. The lowest BCUT2D eigenvalue weighted by Gasteiger charge is -2.36. The van der Waals surface area contributed by atoms with Crippen molar-refractivity contribution >= 4 is 34.8 Å². The number of para-hydroxylation sites is 1. The van der Waals surface area contributed by atoms with Crippen LogP contribution in [0, 0.1) is 17.6 Å². The third kappa shape index (κ3) is 4.77. The van der Waals surface area contributed by atoms with Gasteiger partial charge in [0, 0.05) is 19.0 Å². The Morgan fingerprint density at radius 3 is 2.33 bits per heavy atom. The number of anilines is 1. The zero-order valence-electron chi connectivity index (χ0n) is 15.0. The van der Waals surface area contributed by atoms with Crippen LogP contribution >= 0.6 is 23.2 Å². The van der Waals surface area contributed by atoms with Crippen LogP contribution in [0.15, 0.2) is 36.4 Å². The molecule has 1 fully saturated rings. The molecule has 0 radical (unpaired) electrons. The molecule has 0 aliphatic carbocycles. The van der Waals surface area contributed by atoms with E-state index in [0.29, 0.717) is 47.9 Å². The maximum Gasteiger partial charge on any atom is 0.227 e. The second-order valence-electron chi connectivity index (χ2n) is 6.33. The van der Waals surface area contributed by atoms with Gasteiger partial charge >= 0.3 is 0 Å². The van der Waals surface area contributed by atoms with Gasteiger partial charge < -0.3 is 4.90 Å². The Morgan fingerprint density at radius 2 is 1.74 bits per heavy atom. The Balaban J connectivity index is 0.00000126. The van der Waals surface area contributed by atoms with Crippen LogP contribution < -0.4 is 4.90 Å². The molecule has 2 aromatic carbocycles. The molecule has 2 unspecified atom stereocenters. The zero-order valence-corrected chi connectivity index (χ0v) is 16.5. The van der Waals surface area contributed by atoms with Gasteiger partial charge in [0.15, 0.2) is 0 Å². The second kappa shape index (κ2) is 9.47. The molecule has 2 atom stereocenters. The maximum absolute atomic E-state index is 14.1. The van der Waals surface area contributed by atoms with E-state index in [0.717, 1.165) is 6.07 Å². The van der Waals surface area contributed by atoms with E-state index in [1.165, 1.54) is 12.1 Å². The number of hydrogen-bond donors (Lipinski definition) is 0. The molecule has 1 aliphatic heterocycles. The summed E-state index contributed by atoms with van der Waals surface area (Å²) in [5, 5.41) is 0.809. The molecule has 0 saturated carbocycles. The molecule has 2 nitrogen and oxygen atoms in total. The van der Waals surface area contributed by atoms with Gasteiger partial charge in [-0.3, -0.25) is 9.18 Å². The van der Waals surface area contributed by atoms with Gasteiger partial charge in [0.2, 0.25) is 5.91 Å².